The van der Waals surface area contributed by atoms with Crippen molar-refractivity contribution in [2.45, 2.75) is 19.8 Å². The standard InChI is InChI=1S/C13H15N/c1-3-5-11-10(4-2)6-7-13-12(11)8-9-14-13/h3,6-9,14H,1,4-5H2,2H3. The molecule has 0 fully saturated rings. The average molecular weight is 185 g/mol. The molecule has 0 aliphatic heterocycles. The lowest BCUT2D eigenvalue weighted by atomic mass is 9.98. The SMILES string of the molecule is C=CCc1c(CC)ccc2[nH]ccc12. The summed E-state index contributed by atoms with van der Waals surface area (Å²) in [6.45, 7) is 6.01. The van der Waals surface area contributed by atoms with Crippen LogP contribution in [-0.4, -0.2) is 4.98 Å². The summed E-state index contributed by atoms with van der Waals surface area (Å²) in [6, 6.07) is 6.51. The molecule has 0 saturated heterocycles. The normalized spacial score (nSPS) is 10.6. The van der Waals surface area contributed by atoms with Crippen LogP contribution in [0.3, 0.4) is 0 Å². The van der Waals surface area contributed by atoms with Gasteiger partial charge in [0.05, 0.1) is 0 Å². The van der Waals surface area contributed by atoms with Crippen LogP contribution in [0.2, 0.25) is 0 Å². The molecule has 1 aromatic heterocycles. The Morgan fingerprint density at radius 1 is 1.36 bits per heavy atom. The Labute approximate surface area is 84.5 Å². The zero-order valence-corrected chi connectivity index (χ0v) is 8.51. The summed E-state index contributed by atoms with van der Waals surface area (Å²) in [5, 5.41) is 1.34. The number of aromatic nitrogens is 1. The van der Waals surface area contributed by atoms with Gasteiger partial charge in [0.2, 0.25) is 0 Å². The van der Waals surface area contributed by atoms with Crippen LogP contribution in [0.1, 0.15) is 18.1 Å². The molecule has 2 rings (SSSR count). The number of hydrogen-bond donors (Lipinski definition) is 1. The Kier molecular flexibility index (Phi) is 2.40. The fourth-order valence-electron chi connectivity index (χ4n) is 1.96. The van der Waals surface area contributed by atoms with Crippen LogP contribution >= 0.6 is 0 Å². The van der Waals surface area contributed by atoms with Gasteiger partial charge in [0, 0.05) is 17.1 Å². The molecule has 0 aliphatic carbocycles. The van der Waals surface area contributed by atoms with Gasteiger partial charge in [-0.15, -0.1) is 6.58 Å². The Morgan fingerprint density at radius 2 is 2.21 bits per heavy atom. The second-order valence-electron chi connectivity index (χ2n) is 3.49. The van der Waals surface area contributed by atoms with Crippen molar-refractivity contribution in [1.82, 2.24) is 4.98 Å². The van der Waals surface area contributed by atoms with E-state index in [0.29, 0.717) is 0 Å². The van der Waals surface area contributed by atoms with Gasteiger partial charge in [-0.05, 0) is 36.1 Å². The second kappa shape index (κ2) is 3.70. The van der Waals surface area contributed by atoms with E-state index in [1.807, 2.05) is 12.3 Å². The Hall–Kier alpha value is -1.50. The number of benzene rings is 1. The molecule has 2 aromatic rings. The van der Waals surface area contributed by atoms with Crippen LogP contribution in [0.4, 0.5) is 0 Å². The highest BCUT2D eigenvalue weighted by Crippen LogP contribution is 2.22. The fourth-order valence-corrected chi connectivity index (χ4v) is 1.96. The van der Waals surface area contributed by atoms with Gasteiger partial charge in [0.1, 0.15) is 0 Å². The molecular weight excluding hydrogens is 170 g/mol. The quantitative estimate of drug-likeness (QED) is 0.705. The summed E-state index contributed by atoms with van der Waals surface area (Å²) < 4.78 is 0. The lowest BCUT2D eigenvalue weighted by Crippen LogP contribution is -1.91. The molecular formula is C13H15N. The third-order valence-corrected chi connectivity index (χ3v) is 2.67. The first kappa shape index (κ1) is 9.07. The zero-order valence-electron chi connectivity index (χ0n) is 8.51. The minimum absolute atomic E-state index is 0.957. The van der Waals surface area contributed by atoms with E-state index in [-0.39, 0.29) is 0 Å². The molecule has 0 spiro atoms. The third kappa shape index (κ3) is 1.35. The van der Waals surface area contributed by atoms with E-state index < -0.39 is 0 Å². The molecule has 1 N–H and O–H groups in total. The number of fused-ring (bicyclic) bond motifs is 1. The predicted octanol–water partition coefficient (Wildman–Crippen LogP) is 3.46. The minimum atomic E-state index is 0.957. The van der Waals surface area contributed by atoms with Crippen molar-refractivity contribution in [2.24, 2.45) is 0 Å². The van der Waals surface area contributed by atoms with Crippen LogP contribution < -0.4 is 0 Å². The number of aromatic amines is 1. The minimum Gasteiger partial charge on any atom is -0.361 e. The van der Waals surface area contributed by atoms with Crippen molar-refractivity contribution < 1.29 is 0 Å². The third-order valence-electron chi connectivity index (χ3n) is 2.67. The van der Waals surface area contributed by atoms with Crippen molar-refractivity contribution in [2.75, 3.05) is 0 Å². The van der Waals surface area contributed by atoms with Crippen molar-refractivity contribution >= 4 is 10.9 Å². The maximum atomic E-state index is 3.81. The van der Waals surface area contributed by atoms with E-state index in [1.54, 1.807) is 0 Å². The summed E-state index contributed by atoms with van der Waals surface area (Å²) in [4.78, 5) is 3.24. The van der Waals surface area contributed by atoms with Gasteiger partial charge in [-0.2, -0.15) is 0 Å². The van der Waals surface area contributed by atoms with E-state index in [9.17, 15) is 0 Å². The van der Waals surface area contributed by atoms with Gasteiger partial charge in [-0.25, -0.2) is 0 Å². The molecule has 0 aliphatic rings. The molecule has 0 unspecified atom stereocenters. The molecule has 0 amide bonds. The molecule has 0 radical (unpaired) electrons. The van der Waals surface area contributed by atoms with Crippen LogP contribution in [-0.2, 0) is 12.8 Å². The van der Waals surface area contributed by atoms with E-state index >= 15 is 0 Å². The Bertz CT molecular complexity index is 451. The largest absolute Gasteiger partial charge is 0.361 e. The number of nitrogens with one attached hydrogen (secondary N) is 1. The summed E-state index contributed by atoms with van der Waals surface area (Å²) in [6.07, 6.45) is 6.01. The highest BCUT2D eigenvalue weighted by atomic mass is 14.7. The zero-order chi connectivity index (χ0) is 9.97. The molecule has 0 bridgehead atoms. The summed E-state index contributed by atoms with van der Waals surface area (Å²) in [7, 11) is 0. The molecule has 72 valence electrons. The van der Waals surface area contributed by atoms with Crippen molar-refractivity contribution in [3.63, 3.8) is 0 Å². The first-order valence-corrected chi connectivity index (χ1v) is 5.05. The molecule has 1 aromatic carbocycles. The lowest BCUT2D eigenvalue weighted by molar-refractivity contribution is 1.09. The molecule has 1 heterocycles. The highest BCUT2D eigenvalue weighted by molar-refractivity contribution is 5.84. The number of allylic oxidation sites excluding steroid dienone is 1. The van der Waals surface area contributed by atoms with Crippen LogP contribution in [0.25, 0.3) is 10.9 Å². The molecule has 0 atom stereocenters. The Morgan fingerprint density at radius 3 is 2.93 bits per heavy atom. The first-order chi connectivity index (χ1) is 6.86. The molecule has 1 nitrogen and oxygen atoms in total. The first-order valence-electron chi connectivity index (χ1n) is 5.05. The van der Waals surface area contributed by atoms with Crippen LogP contribution in [0, 0.1) is 0 Å². The van der Waals surface area contributed by atoms with Crippen molar-refractivity contribution in [3.8, 4) is 0 Å². The van der Waals surface area contributed by atoms with Crippen molar-refractivity contribution in [1.29, 1.82) is 0 Å². The van der Waals surface area contributed by atoms with E-state index in [2.05, 4.69) is 36.7 Å². The topological polar surface area (TPSA) is 15.8 Å². The monoisotopic (exact) mass is 185 g/mol. The summed E-state index contributed by atoms with van der Waals surface area (Å²) in [5.41, 5.74) is 4.07. The van der Waals surface area contributed by atoms with Gasteiger partial charge in [-0.3, -0.25) is 0 Å². The highest BCUT2D eigenvalue weighted by Gasteiger charge is 2.05. The Balaban J connectivity index is 2.68. The number of H-pyrrole nitrogens is 1. The summed E-state index contributed by atoms with van der Waals surface area (Å²) in [5.74, 6) is 0. The van der Waals surface area contributed by atoms with Crippen LogP contribution in [0.5, 0.6) is 0 Å². The fraction of sp³-hybridized carbons (Fsp3) is 0.231. The summed E-state index contributed by atoms with van der Waals surface area (Å²) >= 11 is 0. The van der Waals surface area contributed by atoms with Gasteiger partial charge in [-0.1, -0.05) is 19.1 Å². The molecule has 14 heavy (non-hydrogen) atoms. The molecule has 1 heteroatoms. The van der Waals surface area contributed by atoms with E-state index in [0.717, 1.165) is 12.8 Å². The number of hydrogen-bond acceptors (Lipinski definition) is 0. The van der Waals surface area contributed by atoms with Crippen molar-refractivity contribution in [3.05, 3.63) is 48.2 Å². The van der Waals surface area contributed by atoms with Gasteiger partial charge in [0.15, 0.2) is 0 Å². The van der Waals surface area contributed by atoms with Gasteiger partial charge in [0.25, 0.3) is 0 Å². The maximum Gasteiger partial charge on any atom is 0.0457 e. The predicted molar refractivity (Wildman–Crippen MR) is 61.6 cm³/mol. The van der Waals surface area contributed by atoms with Gasteiger partial charge >= 0.3 is 0 Å². The smallest absolute Gasteiger partial charge is 0.0457 e. The van der Waals surface area contributed by atoms with E-state index in [1.165, 1.54) is 22.0 Å². The number of rotatable bonds is 3. The second-order valence-corrected chi connectivity index (χ2v) is 3.49. The number of aryl methyl sites for hydroxylation is 1. The lowest BCUT2D eigenvalue weighted by Gasteiger charge is -2.06. The van der Waals surface area contributed by atoms with Gasteiger partial charge < -0.3 is 4.98 Å². The average Bonchev–Trinajstić information content (AvgIpc) is 2.67. The maximum absolute atomic E-state index is 3.81. The van der Waals surface area contributed by atoms with Crippen LogP contribution in [0.15, 0.2) is 37.1 Å². The molecule has 0 saturated carbocycles. The van der Waals surface area contributed by atoms with E-state index in [4.69, 9.17) is 0 Å².